The summed E-state index contributed by atoms with van der Waals surface area (Å²) >= 11 is 0. The van der Waals surface area contributed by atoms with Gasteiger partial charge in [0.05, 0.1) is 11.5 Å². The van der Waals surface area contributed by atoms with Gasteiger partial charge in [0.1, 0.15) is 5.75 Å². The zero-order chi connectivity index (χ0) is 20.9. The summed E-state index contributed by atoms with van der Waals surface area (Å²) in [5.41, 5.74) is 0.956. The van der Waals surface area contributed by atoms with E-state index < -0.39 is 11.3 Å². The normalized spacial score (nSPS) is 12.5. The molecule has 0 aliphatic rings. The topological polar surface area (TPSA) is 84.7 Å². The number of anilines is 1. The van der Waals surface area contributed by atoms with Gasteiger partial charge in [-0.3, -0.25) is 19.8 Å². The summed E-state index contributed by atoms with van der Waals surface area (Å²) in [4.78, 5) is 24.3. The van der Waals surface area contributed by atoms with E-state index >= 15 is 0 Å². The zero-order valence-electron chi connectivity index (χ0n) is 15.1. The molecule has 0 saturated heterocycles. The quantitative estimate of drug-likeness (QED) is 0.561. The third-order valence-corrected chi connectivity index (χ3v) is 3.99. The number of non-ortho nitro benzene ring substituents is 1. The Bertz CT molecular complexity index is 841. The SMILES string of the molecule is CC(c1cccc([N+](=O)[O-])c1)N(C)CC(=O)Nc1ccc(OC(F)(F)F)cc1. The predicted molar refractivity (Wildman–Crippen MR) is 95.9 cm³/mol. The number of hydrogen-bond donors (Lipinski definition) is 1. The van der Waals surface area contributed by atoms with Crippen LogP contribution in [0.25, 0.3) is 0 Å². The number of nitro benzene ring substituents is 1. The smallest absolute Gasteiger partial charge is 0.406 e. The average molecular weight is 397 g/mol. The third kappa shape index (κ3) is 6.23. The molecule has 2 rings (SSSR count). The maximum Gasteiger partial charge on any atom is 0.573 e. The molecule has 2 aromatic rings. The van der Waals surface area contributed by atoms with Crippen molar-refractivity contribution in [2.24, 2.45) is 0 Å². The Morgan fingerprint density at radius 3 is 2.46 bits per heavy atom. The Morgan fingerprint density at radius 1 is 1.25 bits per heavy atom. The van der Waals surface area contributed by atoms with Crippen molar-refractivity contribution in [3.05, 3.63) is 64.2 Å². The summed E-state index contributed by atoms with van der Waals surface area (Å²) in [6.07, 6.45) is -4.78. The van der Waals surface area contributed by atoms with Gasteiger partial charge in [0.2, 0.25) is 5.91 Å². The highest BCUT2D eigenvalue weighted by Gasteiger charge is 2.31. The number of carbonyl (C=O) groups is 1. The van der Waals surface area contributed by atoms with Crippen molar-refractivity contribution in [3.8, 4) is 5.75 Å². The van der Waals surface area contributed by atoms with Crippen LogP contribution in [-0.2, 0) is 4.79 Å². The van der Waals surface area contributed by atoms with Crippen LogP contribution in [0.5, 0.6) is 5.75 Å². The Morgan fingerprint density at radius 2 is 1.89 bits per heavy atom. The fraction of sp³-hybridized carbons (Fsp3) is 0.278. The molecular formula is C18H18F3N3O4. The monoisotopic (exact) mass is 397 g/mol. The standard InChI is InChI=1S/C18H18F3N3O4/c1-12(13-4-3-5-15(10-13)24(26)27)23(2)11-17(25)22-14-6-8-16(9-7-14)28-18(19,20)21/h3-10,12H,11H2,1-2H3,(H,22,25). The number of halogens is 3. The number of carbonyl (C=O) groups excluding carboxylic acids is 1. The van der Waals surface area contributed by atoms with E-state index in [1.165, 1.54) is 24.3 Å². The Hall–Kier alpha value is -3.14. The fourth-order valence-corrected chi connectivity index (χ4v) is 2.46. The van der Waals surface area contributed by atoms with Crippen molar-refractivity contribution < 1.29 is 27.6 Å². The number of ether oxygens (including phenoxy) is 1. The highest BCUT2D eigenvalue weighted by Crippen LogP contribution is 2.25. The highest BCUT2D eigenvalue weighted by molar-refractivity contribution is 5.92. The van der Waals surface area contributed by atoms with Crippen molar-refractivity contribution in [3.63, 3.8) is 0 Å². The molecule has 0 heterocycles. The van der Waals surface area contributed by atoms with Crippen LogP contribution in [0, 0.1) is 10.1 Å². The maximum absolute atomic E-state index is 12.2. The van der Waals surface area contributed by atoms with Gasteiger partial charge in [-0.05, 0) is 43.8 Å². The second-order valence-corrected chi connectivity index (χ2v) is 6.06. The van der Waals surface area contributed by atoms with Crippen LogP contribution in [-0.4, -0.2) is 35.7 Å². The molecule has 2 aromatic carbocycles. The molecule has 0 radical (unpaired) electrons. The predicted octanol–water partition coefficient (Wildman–Crippen LogP) is 4.12. The number of nitrogens with zero attached hydrogens (tertiary/aromatic N) is 2. The minimum absolute atomic E-state index is 0.0232. The zero-order valence-corrected chi connectivity index (χ0v) is 15.1. The van der Waals surface area contributed by atoms with Crippen molar-refractivity contribution >= 4 is 17.3 Å². The van der Waals surface area contributed by atoms with Crippen molar-refractivity contribution in [2.75, 3.05) is 18.9 Å². The number of likely N-dealkylation sites (N-methyl/N-ethyl adjacent to an activating group) is 1. The first-order chi connectivity index (χ1) is 13.0. The van der Waals surface area contributed by atoms with Crippen molar-refractivity contribution in [1.82, 2.24) is 4.90 Å². The number of alkyl halides is 3. The van der Waals surface area contributed by atoms with E-state index in [0.717, 1.165) is 12.1 Å². The molecule has 0 aliphatic heterocycles. The van der Waals surface area contributed by atoms with Crippen LogP contribution in [0.4, 0.5) is 24.5 Å². The fourth-order valence-electron chi connectivity index (χ4n) is 2.46. The summed E-state index contributed by atoms with van der Waals surface area (Å²) in [5, 5.41) is 13.5. The van der Waals surface area contributed by atoms with E-state index in [4.69, 9.17) is 0 Å². The summed E-state index contributed by atoms with van der Waals surface area (Å²) in [7, 11) is 1.68. The van der Waals surface area contributed by atoms with Crippen LogP contribution in [0.3, 0.4) is 0 Å². The van der Waals surface area contributed by atoms with Gasteiger partial charge < -0.3 is 10.1 Å². The van der Waals surface area contributed by atoms with Gasteiger partial charge in [0, 0.05) is 23.9 Å². The molecule has 0 bridgehead atoms. The molecule has 0 spiro atoms. The van der Waals surface area contributed by atoms with E-state index in [1.54, 1.807) is 31.0 Å². The van der Waals surface area contributed by atoms with Crippen LogP contribution in [0.1, 0.15) is 18.5 Å². The lowest BCUT2D eigenvalue weighted by Crippen LogP contribution is -2.32. The lowest BCUT2D eigenvalue weighted by atomic mass is 10.1. The summed E-state index contributed by atoms with van der Waals surface area (Å²) in [5.74, 6) is -0.772. The number of rotatable bonds is 7. The van der Waals surface area contributed by atoms with E-state index in [2.05, 4.69) is 10.1 Å². The van der Waals surface area contributed by atoms with Crippen LogP contribution in [0.15, 0.2) is 48.5 Å². The lowest BCUT2D eigenvalue weighted by Gasteiger charge is -2.24. The van der Waals surface area contributed by atoms with Crippen LogP contribution < -0.4 is 10.1 Å². The van der Waals surface area contributed by atoms with Gasteiger partial charge in [0.15, 0.2) is 0 Å². The summed E-state index contributed by atoms with van der Waals surface area (Å²) in [6, 6.07) is 10.6. The van der Waals surface area contributed by atoms with Crippen molar-refractivity contribution in [2.45, 2.75) is 19.3 Å². The first kappa shape index (κ1) is 21.2. The molecule has 0 fully saturated rings. The minimum Gasteiger partial charge on any atom is -0.406 e. The molecule has 0 saturated carbocycles. The molecule has 28 heavy (non-hydrogen) atoms. The molecule has 1 N–H and O–H groups in total. The van der Waals surface area contributed by atoms with E-state index in [-0.39, 0.29) is 29.9 Å². The number of amides is 1. The molecule has 0 aliphatic carbocycles. The summed E-state index contributed by atoms with van der Waals surface area (Å²) < 4.78 is 40.2. The van der Waals surface area contributed by atoms with Gasteiger partial charge in [-0.25, -0.2) is 0 Å². The molecule has 1 amide bonds. The number of nitrogens with one attached hydrogen (secondary N) is 1. The first-order valence-electron chi connectivity index (χ1n) is 8.15. The first-order valence-corrected chi connectivity index (χ1v) is 8.15. The highest BCUT2D eigenvalue weighted by atomic mass is 19.4. The van der Waals surface area contributed by atoms with E-state index in [9.17, 15) is 28.1 Å². The molecule has 1 atom stereocenters. The average Bonchev–Trinajstić information content (AvgIpc) is 2.61. The van der Waals surface area contributed by atoms with Gasteiger partial charge in [-0.1, -0.05) is 12.1 Å². The number of hydrogen-bond acceptors (Lipinski definition) is 5. The Labute approximate surface area is 158 Å². The largest absolute Gasteiger partial charge is 0.573 e. The lowest BCUT2D eigenvalue weighted by molar-refractivity contribution is -0.384. The van der Waals surface area contributed by atoms with E-state index in [1.807, 2.05) is 0 Å². The molecule has 0 aromatic heterocycles. The molecule has 150 valence electrons. The maximum atomic E-state index is 12.2. The van der Waals surface area contributed by atoms with Crippen LogP contribution >= 0.6 is 0 Å². The second kappa shape index (κ2) is 8.70. The number of benzene rings is 2. The van der Waals surface area contributed by atoms with Gasteiger partial charge in [-0.2, -0.15) is 0 Å². The third-order valence-electron chi connectivity index (χ3n) is 3.99. The molecule has 1 unspecified atom stereocenters. The van der Waals surface area contributed by atoms with Gasteiger partial charge >= 0.3 is 6.36 Å². The Kier molecular flexibility index (Phi) is 6.57. The summed E-state index contributed by atoms with van der Waals surface area (Å²) in [6.45, 7) is 1.78. The van der Waals surface area contributed by atoms with Crippen molar-refractivity contribution in [1.29, 1.82) is 0 Å². The van der Waals surface area contributed by atoms with Crippen LogP contribution in [0.2, 0.25) is 0 Å². The van der Waals surface area contributed by atoms with Gasteiger partial charge in [0.25, 0.3) is 5.69 Å². The van der Waals surface area contributed by atoms with Gasteiger partial charge in [-0.15, -0.1) is 13.2 Å². The number of nitro groups is 1. The minimum atomic E-state index is -4.78. The molecular weight excluding hydrogens is 379 g/mol. The molecule has 7 nitrogen and oxygen atoms in total. The molecule has 10 heteroatoms. The Balaban J connectivity index is 1.95. The van der Waals surface area contributed by atoms with E-state index in [0.29, 0.717) is 11.3 Å². The second-order valence-electron chi connectivity index (χ2n) is 6.06.